The SMILES string of the molecule is O=C(NCc1nc(-c2ccc(O)cc2)cs1)C1CCCC1. The van der Waals surface area contributed by atoms with E-state index >= 15 is 0 Å². The number of aromatic nitrogens is 1. The Morgan fingerprint density at radius 2 is 2.00 bits per heavy atom. The molecule has 2 N–H and O–H groups in total. The number of carbonyl (C=O) groups excluding carboxylic acids is 1. The number of nitrogens with zero attached hydrogens (tertiary/aromatic N) is 1. The molecular formula is C16H18N2O2S. The first-order valence-corrected chi connectivity index (χ1v) is 8.12. The summed E-state index contributed by atoms with van der Waals surface area (Å²) in [5.74, 6) is 0.605. The van der Waals surface area contributed by atoms with Gasteiger partial charge in [0.1, 0.15) is 10.8 Å². The molecule has 0 saturated heterocycles. The summed E-state index contributed by atoms with van der Waals surface area (Å²) in [7, 11) is 0. The Bertz CT molecular complexity index is 615. The van der Waals surface area contributed by atoms with Gasteiger partial charge in [0, 0.05) is 16.9 Å². The highest BCUT2D eigenvalue weighted by molar-refractivity contribution is 7.09. The number of amides is 1. The van der Waals surface area contributed by atoms with E-state index in [9.17, 15) is 9.90 Å². The summed E-state index contributed by atoms with van der Waals surface area (Å²) >= 11 is 1.54. The molecule has 1 aliphatic rings. The topological polar surface area (TPSA) is 62.2 Å². The second-order valence-corrected chi connectivity index (χ2v) is 6.32. The van der Waals surface area contributed by atoms with E-state index in [2.05, 4.69) is 10.3 Å². The summed E-state index contributed by atoms with van der Waals surface area (Å²) in [6, 6.07) is 6.98. The van der Waals surface area contributed by atoms with Crippen molar-refractivity contribution in [3.63, 3.8) is 0 Å². The molecule has 1 aliphatic carbocycles. The van der Waals surface area contributed by atoms with Crippen molar-refractivity contribution < 1.29 is 9.90 Å². The van der Waals surface area contributed by atoms with Crippen LogP contribution in [-0.2, 0) is 11.3 Å². The number of nitrogens with one attached hydrogen (secondary N) is 1. The van der Waals surface area contributed by atoms with Crippen LogP contribution in [0.5, 0.6) is 5.75 Å². The van der Waals surface area contributed by atoms with E-state index in [1.54, 1.807) is 23.5 Å². The molecule has 0 bridgehead atoms. The fraction of sp³-hybridized carbons (Fsp3) is 0.375. The van der Waals surface area contributed by atoms with Crippen LogP contribution in [0.1, 0.15) is 30.7 Å². The Labute approximate surface area is 127 Å². The van der Waals surface area contributed by atoms with Gasteiger partial charge in [-0.25, -0.2) is 4.98 Å². The van der Waals surface area contributed by atoms with Crippen LogP contribution < -0.4 is 5.32 Å². The van der Waals surface area contributed by atoms with Gasteiger partial charge in [-0.05, 0) is 37.1 Å². The van der Waals surface area contributed by atoms with Gasteiger partial charge >= 0.3 is 0 Å². The Kier molecular flexibility index (Phi) is 4.20. The lowest BCUT2D eigenvalue weighted by Gasteiger charge is -2.08. The maximum atomic E-state index is 12.0. The fourth-order valence-electron chi connectivity index (χ4n) is 2.65. The Morgan fingerprint density at radius 3 is 2.71 bits per heavy atom. The highest BCUT2D eigenvalue weighted by Gasteiger charge is 2.22. The Balaban J connectivity index is 1.60. The number of phenolic OH excluding ortho intramolecular Hbond substituents is 1. The number of benzene rings is 1. The van der Waals surface area contributed by atoms with E-state index in [4.69, 9.17) is 0 Å². The summed E-state index contributed by atoms with van der Waals surface area (Å²) in [5.41, 5.74) is 1.85. The number of hydrogen-bond donors (Lipinski definition) is 2. The minimum Gasteiger partial charge on any atom is -0.508 e. The van der Waals surface area contributed by atoms with Crippen molar-refractivity contribution in [2.24, 2.45) is 5.92 Å². The van der Waals surface area contributed by atoms with Gasteiger partial charge in [-0.2, -0.15) is 0 Å². The van der Waals surface area contributed by atoms with E-state index in [-0.39, 0.29) is 17.6 Å². The number of phenols is 1. The van der Waals surface area contributed by atoms with Crippen molar-refractivity contribution in [1.29, 1.82) is 0 Å². The zero-order valence-corrected chi connectivity index (χ0v) is 12.5. The third-order valence-corrected chi connectivity index (χ3v) is 4.70. The Hall–Kier alpha value is -1.88. The lowest BCUT2D eigenvalue weighted by Crippen LogP contribution is -2.28. The molecule has 3 rings (SSSR count). The molecular weight excluding hydrogens is 284 g/mol. The second kappa shape index (κ2) is 6.26. The highest BCUT2D eigenvalue weighted by Crippen LogP contribution is 2.26. The lowest BCUT2D eigenvalue weighted by molar-refractivity contribution is -0.124. The number of rotatable bonds is 4. The van der Waals surface area contributed by atoms with Gasteiger partial charge in [0.15, 0.2) is 0 Å². The molecule has 0 spiro atoms. The quantitative estimate of drug-likeness (QED) is 0.910. The molecule has 4 nitrogen and oxygen atoms in total. The molecule has 110 valence electrons. The first-order valence-electron chi connectivity index (χ1n) is 7.24. The smallest absolute Gasteiger partial charge is 0.223 e. The summed E-state index contributed by atoms with van der Waals surface area (Å²) in [6.07, 6.45) is 4.37. The van der Waals surface area contributed by atoms with Crippen LogP contribution in [-0.4, -0.2) is 16.0 Å². The van der Waals surface area contributed by atoms with Gasteiger partial charge < -0.3 is 10.4 Å². The van der Waals surface area contributed by atoms with Crippen molar-refractivity contribution in [2.45, 2.75) is 32.2 Å². The van der Waals surface area contributed by atoms with E-state index in [1.807, 2.05) is 17.5 Å². The van der Waals surface area contributed by atoms with Crippen molar-refractivity contribution in [2.75, 3.05) is 0 Å². The molecule has 1 amide bonds. The zero-order valence-electron chi connectivity index (χ0n) is 11.7. The molecule has 5 heteroatoms. The third-order valence-electron chi connectivity index (χ3n) is 3.85. The van der Waals surface area contributed by atoms with Crippen LogP contribution in [0.4, 0.5) is 0 Å². The first-order chi connectivity index (χ1) is 10.2. The van der Waals surface area contributed by atoms with E-state index < -0.39 is 0 Å². The van der Waals surface area contributed by atoms with Crippen molar-refractivity contribution in [3.05, 3.63) is 34.7 Å². The number of hydrogen-bond acceptors (Lipinski definition) is 4. The standard InChI is InChI=1S/C16H18N2O2S/c19-13-7-5-11(6-8-13)14-10-21-15(18-14)9-17-16(20)12-3-1-2-4-12/h5-8,10,12,19H,1-4,9H2,(H,17,20). The van der Waals surface area contributed by atoms with Crippen LogP contribution >= 0.6 is 11.3 Å². The summed E-state index contributed by atoms with van der Waals surface area (Å²) < 4.78 is 0. The maximum absolute atomic E-state index is 12.0. The molecule has 1 aromatic carbocycles. The third kappa shape index (κ3) is 3.42. The largest absolute Gasteiger partial charge is 0.508 e. The fourth-order valence-corrected chi connectivity index (χ4v) is 3.39. The molecule has 0 atom stereocenters. The van der Waals surface area contributed by atoms with Gasteiger partial charge in [-0.15, -0.1) is 11.3 Å². The summed E-state index contributed by atoms with van der Waals surface area (Å²) in [5, 5.41) is 15.2. The van der Waals surface area contributed by atoms with Gasteiger partial charge in [0.25, 0.3) is 0 Å². The van der Waals surface area contributed by atoms with E-state index in [0.717, 1.165) is 29.1 Å². The monoisotopic (exact) mass is 302 g/mol. The van der Waals surface area contributed by atoms with Gasteiger partial charge in [-0.1, -0.05) is 12.8 Å². The number of thiazole rings is 1. The van der Waals surface area contributed by atoms with Crippen LogP contribution in [0.25, 0.3) is 11.3 Å². The molecule has 2 aromatic rings. The normalized spacial score (nSPS) is 15.2. The Morgan fingerprint density at radius 1 is 1.29 bits per heavy atom. The number of carbonyl (C=O) groups is 1. The average Bonchev–Trinajstić information content (AvgIpc) is 3.17. The molecule has 1 fully saturated rings. The molecule has 1 aromatic heterocycles. The van der Waals surface area contributed by atoms with Gasteiger partial charge in [0.2, 0.25) is 5.91 Å². The lowest BCUT2D eigenvalue weighted by atomic mass is 10.1. The highest BCUT2D eigenvalue weighted by atomic mass is 32.1. The van der Waals surface area contributed by atoms with E-state index in [1.165, 1.54) is 12.8 Å². The summed E-state index contributed by atoms with van der Waals surface area (Å²) in [4.78, 5) is 16.5. The van der Waals surface area contributed by atoms with Crippen LogP contribution in [0.2, 0.25) is 0 Å². The molecule has 21 heavy (non-hydrogen) atoms. The van der Waals surface area contributed by atoms with Crippen LogP contribution in [0.15, 0.2) is 29.6 Å². The summed E-state index contributed by atoms with van der Waals surface area (Å²) in [6.45, 7) is 0.498. The zero-order chi connectivity index (χ0) is 14.7. The molecule has 0 unspecified atom stereocenters. The average molecular weight is 302 g/mol. The molecule has 1 saturated carbocycles. The van der Waals surface area contributed by atoms with Crippen molar-refractivity contribution in [3.8, 4) is 17.0 Å². The molecule has 1 heterocycles. The predicted octanol–water partition coefficient (Wildman–Crippen LogP) is 3.32. The molecule has 0 radical (unpaired) electrons. The van der Waals surface area contributed by atoms with Crippen molar-refractivity contribution in [1.82, 2.24) is 10.3 Å². The van der Waals surface area contributed by atoms with Crippen LogP contribution in [0.3, 0.4) is 0 Å². The molecule has 0 aliphatic heterocycles. The second-order valence-electron chi connectivity index (χ2n) is 5.37. The van der Waals surface area contributed by atoms with Gasteiger partial charge in [-0.3, -0.25) is 4.79 Å². The predicted molar refractivity (Wildman–Crippen MR) is 83.0 cm³/mol. The maximum Gasteiger partial charge on any atom is 0.223 e. The minimum atomic E-state index is 0.161. The first kappa shape index (κ1) is 14.1. The van der Waals surface area contributed by atoms with Crippen LogP contribution in [0, 0.1) is 5.92 Å². The van der Waals surface area contributed by atoms with Gasteiger partial charge in [0.05, 0.1) is 12.2 Å². The van der Waals surface area contributed by atoms with E-state index in [0.29, 0.717) is 6.54 Å². The number of aromatic hydroxyl groups is 1. The minimum absolute atomic E-state index is 0.161. The van der Waals surface area contributed by atoms with Crippen molar-refractivity contribution >= 4 is 17.2 Å².